The Morgan fingerprint density at radius 1 is 1.23 bits per heavy atom. The van der Waals surface area contributed by atoms with Gasteiger partial charge in [-0.3, -0.25) is 9.89 Å². The molecule has 0 aromatic carbocycles. The summed E-state index contributed by atoms with van der Waals surface area (Å²) in [6.45, 7) is 15.2. The van der Waals surface area contributed by atoms with E-state index < -0.39 is 0 Å². The molecule has 0 bridgehead atoms. The number of ether oxygens (including phenoxy) is 1. The highest BCUT2D eigenvalue weighted by atomic mass is 16.5. The minimum absolute atomic E-state index is 0.246. The molecular weight excluding hydrogens is 326 g/mol. The third-order valence-corrected chi connectivity index (χ3v) is 5.42. The average molecular weight is 368 g/mol. The molecule has 2 unspecified atom stereocenters. The van der Waals surface area contributed by atoms with Crippen molar-refractivity contribution in [1.82, 2.24) is 20.4 Å². The Morgan fingerprint density at radius 3 is 2.81 bits per heavy atom. The predicted octanol–water partition coefficient (Wildman–Crippen LogP) is 1.77. The van der Waals surface area contributed by atoms with Crippen molar-refractivity contribution in [2.24, 2.45) is 10.9 Å². The zero-order chi connectivity index (χ0) is 18.8. The number of hydrogen-bond acceptors (Lipinski definition) is 4. The van der Waals surface area contributed by atoms with Gasteiger partial charge in [0.15, 0.2) is 5.96 Å². The number of guanidine groups is 1. The molecular formula is C20H41N5O. The van der Waals surface area contributed by atoms with E-state index in [1.807, 2.05) is 7.05 Å². The molecule has 2 fully saturated rings. The highest BCUT2D eigenvalue weighted by Gasteiger charge is 2.21. The number of hydrogen-bond donors (Lipinski definition) is 2. The Labute approximate surface area is 160 Å². The van der Waals surface area contributed by atoms with Gasteiger partial charge in [0, 0.05) is 52.4 Å². The zero-order valence-electron chi connectivity index (χ0n) is 17.5. The van der Waals surface area contributed by atoms with Crippen LogP contribution in [0.4, 0.5) is 0 Å². The van der Waals surface area contributed by atoms with Gasteiger partial charge in [0.1, 0.15) is 0 Å². The summed E-state index contributed by atoms with van der Waals surface area (Å²) in [5.41, 5.74) is 0. The molecule has 6 nitrogen and oxygen atoms in total. The van der Waals surface area contributed by atoms with E-state index in [9.17, 15) is 0 Å². The fourth-order valence-corrected chi connectivity index (χ4v) is 4.00. The molecule has 2 aliphatic heterocycles. The molecule has 0 aromatic rings. The van der Waals surface area contributed by atoms with E-state index in [1.165, 1.54) is 32.4 Å². The summed E-state index contributed by atoms with van der Waals surface area (Å²) >= 11 is 0. The lowest BCUT2D eigenvalue weighted by atomic mass is 10.0. The van der Waals surface area contributed by atoms with Crippen LogP contribution in [0.25, 0.3) is 0 Å². The van der Waals surface area contributed by atoms with Crippen molar-refractivity contribution in [3.63, 3.8) is 0 Å². The molecule has 2 saturated heterocycles. The first kappa shape index (κ1) is 21.5. The fourth-order valence-electron chi connectivity index (χ4n) is 4.00. The van der Waals surface area contributed by atoms with E-state index in [4.69, 9.17) is 4.74 Å². The normalized spacial score (nSPS) is 26.3. The van der Waals surface area contributed by atoms with Gasteiger partial charge in [-0.2, -0.15) is 0 Å². The van der Waals surface area contributed by atoms with Gasteiger partial charge in [0.05, 0.1) is 12.7 Å². The smallest absolute Gasteiger partial charge is 0.191 e. The summed E-state index contributed by atoms with van der Waals surface area (Å²) in [6, 6.07) is 0.749. The summed E-state index contributed by atoms with van der Waals surface area (Å²) in [7, 11) is 1.84. The molecule has 6 heteroatoms. The van der Waals surface area contributed by atoms with Gasteiger partial charge in [0.25, 0.3) is 0 Å². The lowest BCUT2D eigenvalue weighted by Crippen LogP contribution is -2.50. The second-order valence-corrected chi connectivity index (χ2v) is 8.26. The minimum Gasteiger partial charge on any atom is -0.374 e. The van der Waals surface area contributed by atoms with Crippen molar-refractivity contribution in [2.75, 3.05) is 59.5 Å². The first-order chi connectivity index (χ1) is 12.6. The van der Waals surface area contributed by atoms with Crippen LogP contribution in [-0.2, 0) is 4.74 Å². The molecule has 0 aliphatic carbocycles. The average Bonchev–Trinajstić information content (AvgIpc) is 2.62. The summed E-state index contributed by atoms with van der Waals surface area (Å²) in [6.07, 6.45) is 5.51. The predicted molar refractivity (Wildman–Crippen MR) is 110 cm³/mol. The van der Waals surface area contributed by atoms with Crippen molar-refractivity contribution in [2.45, 2.75) is 58.6 Å². The molecule has 0 amide bonds. The van der Waals surface area contributed by atoms with E-state index in [-0.39, 0.29) is 6.10 Å². The number of nitrogens with zero attached hydrogens (tertiary/aromatic N) is 3. The van der Waals surface area contributed by atoms with Crippen LogP contribution in [0.1, 0.15) is 46.5 Å². The maximum Gasteiger partial charge on any atom is 0.191 e. The van der Waals surface area contributed by atoms with E-state index in [2.05, 4.69) is 46.2 Å². The number of aliphatic imine (C=N–C) groups is 1. The Morgan fingerprint density at radius 2 is 2.08 bits per heavy atom. The van der Waals surface area contributed by atoms with Crippen LogP contribution in [-0.4, -0.2) is 87.4 Å². The Kier molecular flexibility index (Phi) is 9.72. The van der Waals surface area contributed by atoms with Crippen LogP contribution < -0.4 is 10.6 Å². The number of nitrogens with one attached hydrogen (secondary N) is 2. The lowest BCUT2D eigenvalue weighted by molar-refractivity contribution is -0.0284. The standard InChI is InChI=1S/C20H41N5O/c1-17(2)15-24-12-13-26-19(16-24)14-23-20(21-4)22-9-7-11-25-10-6-5-8-18(25)3/h17-19H,5-16H2,1-4H3,(H2,21,22,23). The Hall–Kier alpha value is -0.850. The summed E-state index contributed by atoms with van der Waals surface area (Å²) < 4.78 is 5.91. The summed E-state index contributed by atoms with van der Waals surface area (Å²) in [5.74, 6) is 1.60. The number of rotatable bonds is 8. The molecule has 0 saturated carbocycles. The van der Waals surface area contributed by atoms with Gasteiger partial charge < -0.3 is 20.3 Å². The van der Waals surface area contributed by atoms with E-state index in [0.717, 1.165) is 57.8 Å². The van der Waals surface area contributed by atoms with E-state index in [0.29, 0.717) is 5.92 Å². The molecule has 26 heavy (non-hydrogen) atoms. The number of piperidine rings is 1. The fraction of sp³-hybridized carbons (Fsp3) is 0.950. The van der Waals surface area contributed by atoms with Gasteiger partial charge in [-0.1, -0.05) is 20.3 Å². The first-order valence-electron chi connectivity index (χ1n) is 10.6. The van der Waals surface area contributed by atoms with Crippen LogP contribution in [0.5, 0.6) is 0 Å². The van der Waals surface area contributed by atoms with Crippen molar-refractivity contribution in [3.8, 4) is 0 Å². The summed E-state index contributed by atoms with van der Waals surface area (Å²) in [4.78, 5) is 9.49. The van der Waals surface area contributed by atoms with Crippen LogP contribution in [0, 0.1) is 5.92 Å². The lowest BCUT2D eigenvalue weighted by Gasteiger charge is -2.34. The quantitative estimate of drug-likeness (QED) is 0.389. The second-order valence-electron chi connectivity index (χ2n) is 8.26. The molecule has 0 radical (unpaired) electrons. The van der Waals surface area contributed by atoms with Crippen molar-refractivity contribution < 1.29 is 4.74 Å². The monoisotopic (exact) mass is 367 g/mol. The number of morpholine rings is 1. The topological polar surface area (TPSA) is 52.1 Å². The van der Waals surface area contributed by atoms with Gasteiger partial charge in [-0.05, 0) is 38.6 Å². The van der Waals surface area contributed by atoms with E-state index >= 15 is 0 Å². The molecule has 2 rings (SSSR count). The van der Waals surface area contributed by atoms with Crippen LogP contribution in [0.15, 0.2) is 4.99 Å². The Bertz CT molecular complexity index is 415. The van der Waals surface area contributed by atoms with Gasteiger partial charge in [-0.15, -0.1) is 0 Å². The van der Waals surface area contributed by atoms with Crippen LogP contribution >= 0.6 is 0 Å². The molecule has 0 aromatic heterocycles. The SMILES string of the molecule is CN=C(NCCCN1CCCCC1C)NCC1CN(CC(C)C)CCO1. The molecule has 2 heterocycles. The van der Waals surface area contributed by atoms with Crippen molar-refractivity contribution >= 4 is 5.96 Å². The first-order valence-corrected chi connectivity index (χ1v) is 10.6. The second kappa shape index (κ2) is 11.8. The molecule has 2 atom stereocenters. The molecule has 2 N–H and O–H groups in total. The Balaban J connectivity index is 1.60. The maximum atomic E-state index is 5.91. The third kappa shape index (κ3) is 7.80. The molecule has 2 aliphatic rings. The zero-order valence-corrected chi connectivity index (χ0v) is 17.5. The van der Waals surface area contributed by atoms with Gasteiger partial charge in [0.2, 0.25) is 0 Å². The minimum atomic E-state index is 0.246. The maximum absolute atomic E-state index is 5.91. The van der Waals surface area contributed by atoms with E-state index in [1.54, 1.807) is 0 Å². The third-order valence-electron chi connectivity index (χ3n) is 5.42. The van der Waals surface area contributed by atoms with Gasteiger partial charge in [-0.25, -0.2) is 0 Å². The van der Waals surface area contributed by atoms with Gasteiger partial charge >= 0.3 is 0 Å². The highest BCUT2D eigenvalue weighted by molar-refractivity contribution is 5.79. The largest absolute Gasteiger partial charge is 0.374 e. The summed E-state index contributed by atoms with van der Waals surface area (Å²) in [5, 5.41) is 6.88. The van der Waals surface area contributed by atoms with Crippen molar-refractivity contribution in [3.05, 3.63) is 0 Å². The molecule has 0 spiro atoms. The van der Waals surface area contributed by atoms with Crippen LogP contribution in [0.2, 0.25) is 0 Å². The van der Waals surface area contributed by atoms with Crippen molar-refractivity contribution in [1.29, 1.82) is 0 Å². The van der Waals surface area contributed by atoms with Crippen LogP contribution in [0.3, 0.4) is 0 Å². The highest BCUT2D eigenvalue weighted by Crippen LogP contribution is 2.16. The molecule has 152 valence electrons. The number of likely N-dealkylation sites (tertiary alicyclic amines) is 1.